The van der Waals surface area contributed by atoms with Gasteiger partial charge in [0.15, 0.2) is 5.78 Å². The highest BCUT2D eigenvalue weighted by Gasteiger charge is 2.17. The Morgan fingerprint density at radius 2 is 1.64 bits per heavy atom. The number of carbonyl (C=O) groups excluding carboxylic acids is 2. The second-order valence-corrected chi connectivity index (χ2v) is 5.30. The fraction of sp³-hybridized carbons (Fsp3) is 0.222. The number of benzene rings is 2. The highest BCUT2D eigenvalue weighted by Crippen LogP contribution is 2.15. The summed E-state index contributed by atoms with van der Waals surface area (Å²) >= 11 is 0. The number of amides is 1. The van der Waals surface area contributed by atoms with E-state index in [1.165, 1.54) is 0 Å². The zero-order chi connectivity index (χ0) is 16.1. The first-order valence-electron chi connectivity index (χ1n) is 7.15. The van der Waals surface area contributed by atoms with Gasteiger partial charge in [0.2, 0.25) is 0 Å². The fourth-order valence-electron chi connectivity index (χ4n) is 2.08. The number of hydrogen-bond donors (Lipinski definition) is 2. The molecular weight excluding hydrogens is 278 g/mol. The van der Waals surface area contributed by atoms with Gasteiger partial charge in [-0.15, -0.1) is 0 Å². The minimum absolute atomic E-state index is 0.145. The molecular formula is C18H19NO3. The number of carbonyl (C=O) groups is 2. The maximum Gasteiger partial charge on any atom is 0.252 e. The van der Waals surface area contributed by atoms with Gasteiger partial charge >= 0.3 is 0 Å². The van der Waals surface area contributed by atoms with Crippen LogP contribution in [0.1, 0.15) is 38.8 Å². The van der Waals surface area contributed by atoms with Crippen molar-refractivity contribution in [3.63, 3.8) is 0 Å². The minimum Gasteiger partial charge on any atom is -0.392 e. The molecule has 0 saturated carbocycles. The van der Waals surface area contributed by atoms with Crippen molar-refractivity contribution in [3.8, 4) is 0 Å². The largest absolute Gasteiger partial charge is 0.392 e. The summed E-state index contributed by atoms with van der Waals surface area (Å²) < 4.78 is 0. The zero-order valence-corrected chi connectivity index (χ0v) is 12.7. The molecule has 4 heteroatoms. The standard InChI is InChI=1S/C18H19NO3/c1-12-7-9-14(10-8-12)17(21)15-5-3-4-6-16(15)18(22)19-11-13(2)20/h3-10,13,20H,11H2,1-2H3,(H,19,22). The first-order valence-corrected chi connectivity index (χ1v) is 7.15. The fourth-order valence-corrected chi connectivity index (χ4v) is 2.08. The average molecular weight is 297 g/mol. The molecule has 0 saturated heterocycles. The number of nitrogens with one attached hydrogen (secondary N) is 1. The van der Waals surface area contributed by atoms with Crippen LogP contribution in [0, 0.1) is 6.92 Å². The third kappa shape index (κ3) is 3.80. The lowest BCUT2D eigenvalue weighted by Crippen LogP contribution is -2.31. The van der Waals surface area contributed by atoms with E-state index in [9.17, 15) is 14.7 Å². The van der Waals surface area contributed by atoms with E-state index in [0.29, 0.717) is 16.7 Å². The predicted octanol–water partition coefficient (Wildman–Crippen LogP) is 2.34. The monoisotopic (exact) mass is 297 g/mol. The van der Waals surface area contributed by atoms with E-state index in [1.54, 1.807) is 43.3 Å². The molecule has 2 aromatic rings. The molecule has 114 valence electrons. The van der Waals surface area contributed by atoms with Crippen molar-refractivity contribution >= 4 is 11.7 Å². The molecule has 0 aliphatic heterocycles. The summed E-state index contributed by atoms with van der Waals surface area (Å²) in [6.45, 7) is 3.68. The van der Waals surface area contributed by atoms with E-state index in [-0.39, 0.29) is 18.2 Å². The smallest absolute Gasteiger partial charge is 0.252 e. The third-order valence-electron chi connectivity index (χ3n) is 3.29. The normalized spacial score (nSPS) is 11.8. The number of hydrogen-bond acceptors (Lipinski definition) is 3. The summed E-state index contributed by atoms with van der Waals surface area (Å²) in [5, 5.41) is 11.9. The molecule has 2 rings (SSSR count). The molecule has 0 aromatic heterocycles. The lowest BCUT2D eigenvalue weighted by molar-refractivity contribution is 0.0915. The summed E-state index contributed by atoms with van der Waals surface area (Å²) in [6, 6.07) is 13.9. The van der Waals surface area contributed by atoms with Crippen molar-refractivity contribution < 1.29 is 14.7 Å². The van der Waals surface area contributed by atoms with Crippen LogP contribution in [0.3, 0.4) is 0 Å². The molecule has 2 aromatic carbocycles. The third-order valence-corrected chi connectivity index (χ3v) is 3.29. The van der Waals surface area contributed by atoms with Gasteiger partial charge in [0.05, 0.1) is 11.7 Å². The second-order valence-electron chi connectivity index (χ2n) is 5.30. The maximum absolute atomic E-state index is 12.6. The summed E-state index contributed by atoms with van der Waals surface area (Å²) in [5.74, 6) is -0.556. The lowest BCUT2D eigenvalue weighted by atomic mass is 9.97. The summed E-state index contributed by atoms with van der Waals surface area (Å²) in [4.78, 5) is 24.8. The van der Waals surface area contributed by atoms with Crippen LogP contribution in [0.5, 0.6) is 0 Å². The van der Waals surface area contributed by atoms with E-state index < -0.39 is 6.10 Å². The first-order chi connectivity index (χ1) is 10.5. The Morgan fingerprint density at radius 1 is 1.05 bits per heavy atom. The van der Waals surface area contributed by atoms with Gasteiger partial charge in [-0.3, -0.25) is 9.59 Å². The van der Waals surface area contributed by atoms with Gasteiger partial charge in [0, 0.05) is 17.7 Å². The van der Waals surface area contributed by atoms with Crippen molar-refractivity contribution in [1.82, 2.24) is 5.32 Å². The molecule has 4 nitrogen and oxygen atoms in total. The van der Waals surface area contributed by atoms with Crippen molar-refractivity contribution in [2.24, 2.45) is 0 Å². The second kappa shape index (κ2) is 7.00. The molecule has 0 fully saturated rings. The van der Waals surface area contributed by atoms with Gasteiger partial charge in [-0.05, 0) is 19.9 Å². The Balaban J connectivity index is 2.29. The van der Waals surface area contributed by atoms with Crippen LogP contribution in [0.4, 0.5) is 0 Å². The molecule has 0 heterocycles. The van der Waals surface area contributed by atoms with Crippen LogP contribution in [-0.2, 0) is 0 Å². The molecule has 2 N–H and O–H groups in total. The Kier molecular flexibility index (Phi) is 5.07. The highest BCUT2D eigenvalue weighted by molar-refractivity contribution is 6.15. The predicted molar refractivity (Wildman–Crippen MR) is 85.1 cm³/mol. The summed E-state index contributed by atoms with van der Waals surface area (Å²) in [5.41, 5.74) is 2.28. The van der Waals surface area contributed by atoms with E-state index in [1.807, 2.05) is 19.1 Å². The molecule has 1 amide bonds. The number of aliphatic hydroxyl groups excluding tert-OH is 1. The van der Waals surface area contributed by atoms with Crippen molar-refractivity contribution in [2.75, 3.05) is 6.54 Å². The van der Waals surface area contributed by atoms with Gasteiger partial charge in [-0.25, -0.2) is 0 Å². The van der Waals surface area contributed by atoms with E-state index in [4.69, 9.17) is 0 Å². The van der Waals surface area contributed by atoms with Gasteiger partial charge in [0.25, 0.3) is 5.91 Å². The maximum atomic E-state index is 12.6. The number of aliphatic hydroxyl groups is 1. The van der Waals surface area contributed by atoms with Gasteiger partial charge in [-0.2, -0.15) is 0 Å². The van der Waals surface area contributed by atoms with Gasteiger partial charge in [0.1, 0.15) is 0 Å². The van der Waals surface area contributed by atoms with Crippen LogP contribution >= 0.6 is 0 Å². The Bertz CT molecular complexity index is 675. The van der Waals surface area contributed by atoms with Crippen LogP contribution in [0.2, 0.25) is 0 Å². The molecule has 0 spiro atoms. The van der Waals surface area contributed by atoms with Crippen LogP contribution in [0.15, 0.2) is 48.5 Å². The Morgan fingerprint density at radius 3 is 2.23 bits per heavy atom. The molecule has 0 aliphatic rings. The molecule has 22 heavy (non-hydrogen) atoms. The van der Waals surface area contributed by atoms with Gasteiger partial charge < -0.3 is 10.4 Å². The van der Waals surface area contributed by atoms with E-state index in [0.717, 1.165) is 5.56 Å². The number of rotatable bonds is 5. The molecule has 1 atom stereocenters. The number of aryl methyl sites for hydroxylation is 1. The van der Waals surface area contributed by atoms with Crippen molar-refractivity contribution in [2.45, 2.75) is 20.0 Å². The molecule has 0 aliphatic carbocycles. The van der Waals surface area contributed by atoms with Gasteiger partial charge in [-0.1, -0.05) is 48.0 Å². The highest BCUT2D eigenvalue weighted by atomic mass is 16.3. The van der Waals surface area contributed by atoms with E-state index >= 15 is 0 Å². The molecule has 1 unspecified atom stereocenters. The summed E-state index contributed by atoms with van der Waals surface area (Å²) in [6.07, 6.45) is -0.635. The topological polar surface area (TPSA) is 66.4 Å². The Labute approximate surface area is 129 Å². The van der Waals surface area contributed by atoms with Crippen LogP contribution in [0.25, 0.3) is 0 Å². The van der Waals surface area contributed by atoms with E-state index in [2.05, 4.69) is 5.32 Å². The quantitative estimate of drug-likeness (QED) is 0.832. The van der Waals surface area contributed by atoms with Crippen LogP contribution < -0.4 is 5.32 Å². The van der Waals surface area contributed by atoms with Crippen molar-refractivity contribution in [3.05, 3.63) is 70.8 Å². The zero-order valence-electron chi connectivity index (χ0n) is 12.7. The first kappa shape index (κ1) is 15.9. The SMILES string of the molecule is Cc1ccc(C(=O)c2ccccc2C(=O)NCC(C)O)cc1. The van der Waals surface area contributed by atoms with Crippen molar-refractivity contribution in [1.29, 1.82) is 0 Å². The average Bonchev–Trinajstić information content (AvgIpc) is 2.52. The lowest BCUT2D eigenvalue weighted by Gasteiger charge is -2.11. The number of ketones is 1. The Hall–Kier alpha value is -2.46. The molecule has 0 radical (unpaired) electrons. The minimum atomic E-state index is -0.635. The molecule has 0 bridgehead atoms. The van der Waals surface area contributed by atoms with Crippen LogP contribution in [-0.4, -0.2) is 29.4 Å². The summed E-state index contributed by atoms with van der Waals surface area (Å²) in [7, 11) is 0.